The van der Waals surface area contributed by atoms with E-state index in [1.54, 1.807) is 37.4 Å². The van der Waals surface area contributed by atoms with Gasteiger partial charge >= 0.3 is 0 Å². The van der Waals surface area contributed by atoms with Gasteiger partial charge in [0.25, 0.3) is 0 Å². The third-order valence-corrected chi connectivity index (χ3v) is 5.74. The molecule has 0 heterocycles. The zero-order valence-electron chi connectivity index (χ0n) is 9.80. The van der Waals surface area contributed by atoms with E-state index in [-0.39, 0.29) is 5.41 Å². The standard InChI is InChI=1S/C12H17NO3S/c1-16-9-12(8-13)7-11(12)17(14,15)10-5-3-2-4-6-10/h2-6,11H,7-9,13H2,1H3. The van der Waals surface area contributed by atoms with E-state index < -0.39 is 15.1 Å². The van der Waals surface area contributed by atoms with Gasteiger partial charge in [0.15, 0.2) is 9.84 Å². The Morgan fingerprint density at radius 1 is 1.41 bits per heavy atom. The van der Waals surface area contributed by atoms with Gasteiger partial charge in [-0.15, -0.1) is 0 Å². The SMILES string of the molecule is COCC1(CN)CC1S(=O)(=O)c1ccccc1. The van der Waals surface area contributed by atoms with Crippen LogP contribution in [0.15, 0.2) is 35.2 Å². The fourth-order valence-electron chi connectivity index (χ4n) is 2.24. The lowest BCUT2D eigenvalue weighted by Crippen LogP contribution is -2.28. The Balaban J connectivity index is 2.26. The first-order valence-electron chi connectivity index (χ1n) is 5.55. The van der Waals surface area contributed by atoms with Gasteiger partial charge in [0.05, 0.1) is 16.8 Å². The fraction of sp³-hybridized carbons (Fsp3) is 0.500. The minimum Gasteiger partial charge on any atom is -0.384 e. The highest BCUT2D eigenvalue weighted by molar-refractivity contribution is 7.92. The summed E-state index contributed by atoms with van der Waals surface area (Å²) in [6.45, 7) is 0.748. The maximum atomic E-state index is 12.3. The Morgan fingerprint density at radius 3 is 2.59 bits per heavy atom. The molecule has 1 aliphatic carbocycles. The van der Waals surface area contributed by atoms with E-state index >= 15 is 0 Å². The van der Waals surface area contributed by atoms with E-state index in [0.29, 0.717) is 24.5 Å². The average Bonchev–Trinajstić information content (AvgIpc) is 3.07. The second-order valence-electron chi connectivity index (χ2n) is 4.55. The summed E-state index contributed by atoms with van der Waals surface area (Å²) in [4.78, 5) is 0.372. The molecule has 1 aromatic rings. The maximum absolute atomic E-state index is 12.3. The molecule has 1 aliphatic rings. The molecular weight excluding hydrogens is 238 g/mol. The van der Waals surface area contributed by atoms with Crippen molar-refractivity contribution < 1.29 is 13.2 Å². The monoisotopic (exact) mass is 255 g/mol. The highest BCUT2D eigenvalue weighted by atomic mass is 32.2. The zero-order valence-corrected chi connectivity index (χ0v) is 10.6. The molecule has 4 nitrogen and oxygen atoms in total. The zero-order chi connectivity index (χ0) is 12.5. The van der Waals surface area contributed by atoms with E-state index in [1.807, 2.05) is 0 Å². The molecule has 17 heavy (non-hydrogen) atoms. The van der Waals surface area contributed by atoms with Crippen LogP contribution < -0.4 is 5.73 Å². The Morgan fingerprint density at radius 2 is 2.06 bits per heavy atom. The number of ether oxygens (including phenoxy) is 1. The van der Waals surface area contributed by atoms with E-state index in [9.17, 15) is 8.42 Å². The first kappa shape index (κ1) is 12.5. The van der Waals surface area contributed by atoms with Gasteiger partial charge in [-0.25, -0.2) is 8.42 Å². The molecule has 2 N–H and O–H groups in total. The molecule has 0 saturated heterocycles. The molecular formula is C12H17NO3S. The van der Waals surface area contributed by atoms with Crippen LogP contribution in [0.3, 0.4) is 0 Å². The summed E-state index contributed by atoms with van der Waals surface area (Å²) in [6.07, 6.45) is 0.592. The Kier molecular flexibility index (Phi) is 3.25. The molecule has 2 atom stereocenters. The summed E-state index contributed by atoms with van der Waals surface area (Å²) < 4.78 is 29.7. The minimum absolute atomic E-state index is 0.345. The molecule has 1 saturated carbocycles. The summed E-state index contributed by atoms with van der Waals surface area (Å²) in [5.41, 5.74) is 5.29. The van der Waals surface area contributed by atoms with Crippen molar-refractivity contribution >= 4 is 9.84 Å². The van der Waals surface area contributed by atoms with Gasteiger partial charge in [-0.1, -0.05) is 18.2 Å². The second kappa shape index (κ2) is 4.40. The quantitative estimate of drug-likeness (QED) is 0.846. The second-order valence-corrected chi connectivity index (χ2v) is 6.68. The fourth-order valence-corrected chi connectivity index (χ4v) is 4.48. The molecule has 1 aromatic carbocycles. The predicted octanol–water partition coefficient (Wildman–Crippen LogP) is 0.824. The highest BCUT2D eigenvalue weighted by Gasteiger charge is 2.60. The van der Waals surface area contributed by atoms with Crippen LogP contribution in [0.2, 0.25) is 0 Å². The Hall–Kier alpha value is -0.910. The van der Waals surface area contributed by atoms with Crippen molar-refractivity contribution in [2.24, 2.45) is 11.1 Å². The molecule has 0 amide bonds. The molecule has 0 aromatic heterocycles. The third kappa shape index (κ3) is 2.10. The van der Waals surface area contributed by atoms with Gasteiger partial charge < -0.3 is 10.5 Å². The lowest BCUT2D eigenvalue weighted by molar-refractivity contribution is 0.145. The van der Waals surface area contributed by atoms with Crippen LogP contribution in [0, 0.1) is 5.41 Å². The largest absolute Gasteiger partial charge is 0.384 e. The molecule has 94 valence electrons. The molecule has 0 bridgehead atoms. The van der Waals surface area contributed by atoms with E-state index in [2.05, 4.69) is 0 Å². The molecule has 5 heteroatoms. The molecule has 2 rings (SSSR count). The van der Waals surface area contributed by atoms with Gasteiger partial charge in [-0.2, -0.15) is 0 Å². The van der Waals surface area contributed by atoms with Gasteiger partial charge in [0.2, 0.25) is 0 Å². The van der Waals surface area contributed by atoms with Gasteiger partial charge in [0.1, 0.15) is 0 Å². The van der Waals surface area contributed by atoms with Crippen LogP contribution in [-0.2, 0) is 14.6 Å². The highest BCUT2D eigenvalue weighted by Crippen LogP contribution is 2.51. The summed E-state index contributed by atoms with van der Waals surface area (Å²) in [7, 11) is -1.70. The Bertz CT molecular complexity index is 486. The van der Waals surface area contributed by atoms with E-state index in [0.717, 1.165) is 0 Å². The lowest BCUT2D eigenvalue weighted by atomic mass is 10.1. The molecule has 1 fully saturated rings. The molecule has 0 aliphatic heterocycles. The maximum Gasteiger partial charge on any atom is 0.181 e. The summed E-state index contributed by atoms with van der Waals surface area (Å²) in [5, 5.41) is -0.401. The van der Waals surface area contributed by atoms with Crippen molar-refractivity contribution in [3.05, 3.63) is 30.3 Å². The number of benzene rings is 1. The van der Waals surface area contributed by atoms with Gasteiger partial charge in [-0.05, 0) is 18.6 Å². The van der Waals surface area contributed by atoms with Crippen molar-refractivity contribution in [3.8, 4) is 0 Å². The first-order valence-corrected chi connectivity index (χ1v) is 7.09. The van der Waals surface area contributed by atoms with Gasteiger partial charge in [-0.3, -0.25) is 0 Å². The van der Waals surface area contributed by atoms with Crippen LogP contribution >= 0.6 is 0 Å². The molecule has 0 radical (unpaired) electrons. The number of hydrogen-bond acceptors (Lipinski definition) is 4. The van der Waals surface area contributed by atoms with Crippen molar-refractivity contribution in [1.82, 2.24) is 0 Å². The first-order chi connectivity index (χ1) is 8.07. The van der Waals surface area contributed by atoms with Crippen LogP contribution in [0.4, 0.5) is 0 Å². The van der Waals surface area contributed by atoms with Crippen molar-refractivity contribution in [3.63, 3.8) is 0 Å². The van der Waals surface area contributed by atoms with E-state index in [1.165, 1.54) is 0 Å². The van der Waals surface area contributed by atoms with Gasteiger partial charge in [0, 0.05) is 19.1 Å². The normalized spacial score (nSPS) is 28.0. The molecule has 0 spiro atoms. The number of sulfone groups is 1. The van der Waals surface area contributed by atoms with Crippen LogP contribution in [0.25, 0.3) is 0 Å². The van der Waals surface area contributed by atoms with Crippen molar-refractivity contribution in [1.29, 1.82) is 0 Å². The van der Waals surface area contributed by atoms with Crippen LogP contribution in [-0.4, -0.2) is 33.9 Å². The van der Waals surface area contributed by atoms with Crippen LogP contribution in [0.5, 0.6) is 0 Å². The number of hydrogen-bond donors (Lipinski definition) is 1. The van der Waals surface area contributed by atoms with Crippen molar-refractivity contribution in [2.45, 2.75) is 16.6 Å². The summed E-state index contributed by atoms with van der Waals surface area (Å²) in [5.74, 6) is 0. The van der Waals surface area contributed by atoms with E-state index in [4.69, 9.17) is 10.5 Å². The van der Waals surface area contributed by atoms with Crippen LogP contribution in [0.1, 0.15) is 6.42 Å². The minimum atomic E-state index is -3.27. The lowest BCUT2D eigenvalue weighted by Gasteiger charge is -2.13. The predicted molar refractivity (Wildman–Crippen MR) is 65.4 cm³/mol. The average molecular weight is 255 g/mol. The number of nitrogens with two attached hydrogens (primary N) is 1. The topological polar surface area (TPSA) is 69.4 Å². The third-order valence-electron chi connectivity index (χ3n) is 3.40. The Labute approximate surface area is 102 Å². The number of methoxy groups -OCH3 is 1. The molecule has 2 unspecified atom stereocenters. The summed E-state index contributed by atoms with van der Waals surface area (Å²) in [6, 6.07) is 8.52. The summed E-state index contributed by atoms with van der Waals surface area (Å²) >= 11 is 0. The number of rotatable bonds is 5. The smallest absolute Gasteiger partial charge is 0.181 e. The van der Waals surface area contributed by atoms with Crippen molar-refractivity contribution in [2.75, 3.05) is 20.3 Å².